The summed E-state index contributed by atoms with van der Waals surface area (Å²) >= 11 is 0. The fourth-order valence-corrected chi connectivity index (χ4v) is 6.48. The third-order valence-corrected chi connectivity index (χ3v) is 8.64. The number of nitrogens with zero attached hydrogens (tertiary/aromatic N) is 2. The lowest BCUT2D eigenvalue weighted by atomic mass is 10.00. The van der Waals surface area contributed by atoms with Crippen molar-refractivity contribution in [3.8, 4) is 0 Å². The quantitative estimate of drug-likeness (QED) is 0.745. The minimum Gasteiger partial charge on any atom is -0.352 e. The normalized spacial score (nSPS) is 25.2. The van der Waals surface area contributed by atoms with Gasteiger partial charge in [-0.25, -0.2) is 8.42 Å². The molecule has 0 radical (unpaired) electrons. The molecule has 30 heavy (non-hydrogen) atoms. The Labute approximate surface area is 180 Å². The Kier molecular flexibility index (Phi) is 7.11. The summed E-state index contributed by atoms with van der Waals surface area (Å²) in [7, 11) is -2.98. The molecule has 4 rings (SSSR count). The molecule has 1 aromatic carbocycles. The van der Waals surface area contributed by atoms with Gasteiger partial charge >= 0.3 is 0 Å². The van der Waals surface area contributed by atoms with Crippen LogP contribution in [0.25, 0.3) is 0 Å². The summed E-state index contributed by atoms with van der Waals surface area (Å²) in [6, 6.07) is 9.56. The van der Waals surface area contributed by atoms with E-state index in [0.29, 0.717) is 13.1 Å². The second-order valence-electron chi connectivity index (χ2n) is 9.23. The molecule has 2 heterocycles. The van der Waals surface area contributed by atoms with E-state index in [4.69, 9.17) is 0 Å². The third kappa shape index (κ3) is 5.62. The van der Waals surface area contributed by atoms with Gasteiger partial charge in [-0.3, -0.25) is 9.69 Å². The first-order valence-electron chi connectivity index (χ1n) is 11.5. The van der Waals surface area contributed by atoms with Crippen LogP contribution in [-0.4, -0.2) is 74.4 Å². The molecule has 7 heteroatoms. The van der Waals surface area contributed by atoms with Gasteiger partial charge in [-0.15, -0.1) is 0 Å². The Morgan fingerprint density at radius 2 is 1.60 bits per heavy atom. The van der Waals surface area contributed by atoms with Crippen molar-refractivity contribution in [3.63, 3.8) is 0 Å². The topological polar surface area (TPSA) is 69.7 Å². The molecule has 2 saturated heterocycles. The van der Waals surface area contributed by atoms with Gasteiger partial charge in [-0.1, -0.05) is 43.2 Å². The number of sulfone groups is 1. The number of likely N-dealkylation sites (tertiary alicyclic amines) is 1. The molecule has 1 aliphatic carbocycles. The highest BCUT2D eigenvalue weighted by Gasteiger charge is 2.34. The molecule has 1 saturated carbocycles. The van der Waals surface area contributed by atoms with E-state index in [-0.39, 0.29) is 23.5 Å². The van der Waals surface area contributed by atoms with Crippen LogP contribution in [0.3, 0.4) is 0 Å². The maximum absolute atomic E-state index is 13.3. The SMILES string of the molecule is O=C(NC1CCN(CC2CCCC2)CC1)C(c1ccccc1)N1CCS(=O)(=O)CC1. The molecule has 1 N–H and O–H groups in total. The predicted molar refractivity (Wildman–Crippen MR) is 119 cm³/mol. The maximum Gasteiger partial charge on any atom is 0.242 e. The lowest BCUT2D eigenvalue weighted by Crippen LogP contribution is -2.51. The van der Waals surface area contributed by atoms with Crippen LogP contribution in [0.5, 0.6) is 0 Å². The molecule has 1 amide bonds. The van der Waals surface area contributed by atoms with E-state index >= 15 is 0 Å². The van der Waals surface area contributed by atoms with Gasteiger partial charge in [0.15, 0.2) is 9.84 Å². The minimum atomic E-state index is -2.98. The van der Waals surface area contributed by atoms with Crippen molar-refractivity contribution in [2.75, 3.05) is 44.2 Å². The van der Waals surface area contributed by atoms with Crippen LogP contribution in [0.1, 0.15) is 50.1 Å². The Balaban J connectivity index is 1.35. The van der Waals surface area contributed by atoms with E-state index in [1.165, 1.54) is 32.2 Å². The molecule has 1 aromatic rings. The summed E-state index contributed by atoms with van der Waals surface area (Å²) < 4.78 is 23.7. The van der Waals surface area contributed by atoms with Crippen molar-refractivity contribution in [2.24, 2.45) is 5.92 Å². The van der Waals surface area contributed by atoms with Gasteiger partial charge in [0.25, 0.3) is 0 Å². The summed E-state index contributed by atoms with van der Waals surface area (Å²) in [5.41, 5.74) is 0.938. The standard InChI is InChI=1S/C23H35N3O3S/c27-23(24-21-10-12-25(13-11-21)18-19-6-4-5-7-19)22(20-8-2-1-3-9-20)26-14-16-30(28,29)17-15-26/h1-3,8-9,19,21-22H,4-7,10-18H2,(H,24,27). The average Bonchev–Trinajstić information content (AvgIpc) is 3.25. The van der Waals surface area contributed by atoms with Gasteiger partial charge in [0.1, 0.15) is 6.04 Å². The molecular formula is C23H35N3O3S. The highest BCUT2D eigenvalue weighted by molar-refractivity contribution is 7.91. The van der Waals surface area contributed by atoms with Crippen molar-refractivity contribution in [1.29, 1.82) is 0 Å². The second-order valence-corrected chi connectivity index (χ2v) is 11.5. The van der Waals surface area contributed by atoms with Crippen LogP contribution < -0.4 is 5.32 Å². The smallest absolute Gasteiger partial charge is 0.242 e. The molecular weight excluding hydrogens is 398 g/mol. The molecule has 0 spiro atoms. The second kappa shape index (κ2) is 9.79. The lowest BCUT2D eigenvalue weighted by Gasteiger charge is -2.37. The van der Waals surface area contributed by atoms with E-state index in [1.54, 1.807) is 0 Å². The summed E-state index contributed by atoms with van der Waals surface area (Å²) in [6.45, 7) is 4.15. The number of hydrogen-bond acceptors (Lipinski definition) is 5. The first kappa shape index (κ1) is 21.8. The molecule has 166 valence electrons. The molecule has 1 atom stereocenters. The van der Waals surface area contributed by atoms with E-state index < -0.39 is 15.9 Å². The van der Waals surface area contributed by atoms with E-state index in [0.717, 1.165) is 37.4 Å². The largest absolute Gasteiger partial charge is 0.352 e. The van der Waals surface area contributed by atoms with Crippen molar-refractivity contribution in [1.82, 2.24) is 15.1 Å². The summed E-state index contributed by atoms with van der Waals surface area (Å²) in [5, 5.41) is 3.29. The predicted octanol–water partition coefficient (Wildman–Crippen LogP) is 2.23. The molecule has 2 aliphatic heterocycles. The highest BCUT2D eigenvalue weighted by Crippen LogP contribution is 2.27. The third-order valence-electron chi connectivity index (χ3n) is 7.03. The number of carbonyl (C=O) groups excluding carboxylic acids is 1. The maximum atomic E-state index is 13.3. The van der Waals surface area contributed by atoms with Gasteiger partial charge in [-0.2, -0.15) is 0 Å². The zero-order valence-electron chi connectivity index (χ0n) is 17.8. The first-order chi connectivity index (χ1) is 14.5. The Morgan fingerprint density at radius 1 is 0.967 bits per heavy atom. The Morgan fingerprint density at radius 3 is 2.23 bits per heavy atom. The van der Waals surface area contributed by atoms with Gasteiger partial charge in [0.05, 0.1) is 11.5 Å². The number of amides is 1. The zero-order valence-corrected chi connectivity index (χ0v) is 18.7. The van der Waals surface area contributed by atoms with Gasteiger partial charge in [0, 0.05) is 38.8 Å². The monoisotopic (exact) mass is 433 g/mol. The van der Waals surface area contributed by atoms with E-state index in [2.05, 4.69) is 10.2 Å². The molecule has 0 bridgehead atoms. The van der Waals surface area contributed by atoms with Crippen molar-refractivity contribution >= 4 is 15.7 Å². The van der Waals surface area contributed by atoms with Crippen LogP contribution >= 0.6 is 0 Å². The fraction of sp³-hybridized carbons (Fsp3) is 0.696. The van der Waals surface area contributed by atoms with E-state index in [1.807, 2.05) is 35.2 Å². The van der Waals surface area contributed by atoms with Crippen molar-refractivity contribution in [3.05, 3.63) is 35.9 Å². The number of rotatable bonds is 6. The average molecular weight is 434 g/mol. The summed E-state index contributed by atoms with van der Waals surface area (Å²) in [5.74, 6) is 1.13. The summed E-state index contributed by atoms with van der Waals surface area (Å²) in [6.07, 6.45) is 7.51. The zero-order chi connectivity index (χ0) is 21.0. The van der Waals surface area contributed by atoms with Crippen molar-refractivity contribution in [2.45, 2.75) is 50.6 Å². The lowest BCUT2D eigenvalue weighted by molar-refractivity contribution is -0.127. The van der Waals surface area contributed by atoms with Crippen LogP contribution in [0.4, 0.5) is 0 Å². The molecule has 3 fully saturated rings. The van der Waals surface area contributed by atoms with Crippen LogP contribution in [-0.2, 0) is 14.6 Å². The van der Waals surface area contributed by atoms with Crippen LogP contribution in [0.2, 0.25) is 0 Å². The highest BCUT2D eigenvalue weighted by atomic mass is 32.2. The first-order valence-corrected chi connectivity index (χ1v) is 13.3. The molecule has 1 unspecified atom stereocenters. The van der Waals surface area contributed by atoms with Gasteiger partial charge in [0.2, 0.25) is 5.91 Å². The number of piperidine rings is 1. The minimum absolute atomic E-state index is 0.00902. The number of benzene rings is 1. The Hall–Kier alpha value is -1.44. The Bertz CT molecular complexity index is 786. The molecule has 6 nitrogen and oxygen atoms in total. The number of hydrogen-bond donors (Lipinski definition) is 1. The van der Waals surface area contributed by atoms with Gasteiger partial charge < -0.3 is 10.2 Å². The van der Waals surface area contributed by atoms with Crippen LogP contribution in [0.15, 0.2) is 30.3 Å². The summed E-state index contributed by atoms with van der Waals surface area (Å²) in [4.78, 5) is 17.9. The van der Waals surface area contributed by atoms with Gasteiger partial charge in [-0.05, 0) is 37.2 Å². The number of nitrogens with one attached hydrogen (secondary N) is 1. The van der Waals surface area contributed by atoms with E-state index in [9.17, 15) is 13.2 Å². The molecule has 3 aliphatic rings. The van der Waals surface area contributed by atoms with Crippen molar-refractivity contribution < 1.29 is 13.2 Å². The molecule has 0 aromatic heterocycles. The number of carbonyl (C=O) groups is 1. The fourth-order valence-electron chi connectivity index (χ4n) is 5.25. The van der Waals surface area contributed by atoms with Crippen LogP contribution in [0, 0.1) is 5.92 Å².